The number of carbonyl (C=O) groups excluding carboxylic acids is 6. The largest absolute Gasteiger partial charge is 0.508 e. The Kier molecular flexibility index (Phi) is 22.2. The van der Waals surface area contributed by atoms with Gasteiger partial charge in [-0.05, 0) is 76.6 Å². The lowest BCUT2D eigenvalue weighted by Crippen LogP contribution is -2.59. The standard InChI is InChI=1S/C43H69N7O9S/c1-11-16-37(53)58-25-50(43(57)38(28(7)12-2)47-41(56)34-17-14-15-20-49(34)10)35(26(4)5)23-36(59-30(9)51)42-46-33(24-60-42)40(55)45-31(22-29(8)39(54)48-44)21-27(6)18-19-32(52)13-3/h13,18-19,24,26,28-29,31,34-36,38,52H,3,11-12,14-17,20-23,25,44H2,1-2,4-10H3,(H,45,55)(H,47,56)(H,48,54)/b27-18+,32-19+/t28?,29-,31-,34+,35+,36+,38-/m0/s1. The predicted molar refractivity (Wildman–Crippen MR) is 231 cm³/mol. The summed E-state index contributed by atoms with van der Waals surface area (Å²) in [6.07, 6.45) is 7.92. The molecular formula is C43H69N7O9S. The van der Waals surface area contributed by atoms with Crippen molar-refractivity contribution in [2.75, 3.05) is 20.3 Å². The lowest BCUT2D eigenvalue weighted by Gasteiger charge is -2.39. The van der Waals surface area contributed by atoms with E-state index < -0.39 is 59.8 Å². The second-order valence-corrected chi connectivity index (χ2v) is 17.0. The smallest absolute Gasteiger partial charge is 0.307 e. The number of allylic oxidation sites excluding steroid dienone is 3. The number of hydrogen-bond donors (Lipinski definition) is 5. The summed E-state index contributed by atoms with van der Waals surface area (Å²) in [6, 6.07) is -2.52. The average molecular weight is 860 g/mol. The van der Waals surface area contributed by atoms with Crippen molar-refractivity contribution < 1.29 is 43.3 Å². The number of carbonyl (C=O) groups is 6. The number of hydrazine groups is 1. The first kappa shape index (κ1) is 51.5. The number of hydrogen-bond acceptors (Lipinski definition) is 13. The van der Waals surface area contributed by atoms with Crippen molar-refractivity contribution >= 4 is 46.9 Å². The normalized spacial score (nSPS) is 17.9. The molecule has 16 nitrogen and oxygen atoms in total. The van der Waals surface area contributed by atoms with E-state index in [1.165, 1.54) is 24.0 Å². The molecule has 4 amide bonds. The number of aliphatic hydroxyl groups is 1. The lowest BCUT2D eigenvalue weighted by atomic mass is 9.92. The molecule has 0 bridgehead atoms. The van der Waals surface area contributed by atoms with Crippen LogP contribution in [0, 0.1) is 17.8 Å². The highest BCUT2D eigenvalue weighted by Crippen LogP contribution is 2.32. The Labute approximate surface area is 359 Å². The average Bonchev–Trinajstić information content (AvgIpc) is 3.71. The SMILES string of the molecule is C=C/C(O)=C\C=C(/C)C[C@@H](C[C@H](C)C(=O)NN)NC(=O)c1csc([C@@H](C[C@H](C(C)C)N(COC(=O)CCC)C(=O)[C@@H](NC(=O)[C@H]2CCCCN2C)C(C)CC)OC(C)=O)n1. The van der Waals surface area contributed by atoms with Crippen LogP contribution in [0.1, 0.15) is 135 Å². The third kappa shape index (κ3) is 16.4. The molecule has 1 unspecified atom stereocenters. The molecule has 0 aliphatic carbocycles. The molecule has 336 valence electrons. The van der Waals surface area contributed by atoms with Crippen molar-refractivity contribution in [2.24, 2.45) is 23.6 Å². The fourth-order valence-corrected chi connectivity index (χ4v) is 7.90. The zero-order valence-corrected chi connectivity index (χ0v) is 37.8. The number of esters is 2. The maximum atomic E-state index is 14.8. The first-order chi connectivity index (χ1) is 28.4. The van der Waals surface area contributed by atoms with Gasteiger partial charge < -0.3 is 30.1 Å². The van der Waals surface area contributed by atoms with Gasteiger partial charge in [0.1, 0.15) is 22.5 Å². The molecule has 0 saturated carbocycles. The summed E-state index contributed by atoms with van der Waals surface area (Å²) in [7, 11) is 1.90. The van der Waals surface area contributed by atoms with Crippen LogP contribution < -0.4 is 21.9 Å². The fraction of sp³-hybridized carbons (Fsp3) is 0.651. The minimum atomic E-state index is -1.01. The van der Waals surface area contributed by atoms with Gasteiger partial charge in [0.05, 0.1) is 6.04 Å². The number of ether oxygens (including phenoxy) is 2. The van der Waals surface area contributed by atoms with E-state index in [2.05, 4.69) is 27.6 Å². The van der Waals surface area contributed by atoms with Gasteiger partial charge in [-0.2, -0.15) is 0 Å². The Morgan fingerprint density at radius 3 is 2.37 bits per heavy atom. The second-order valence-electron chi connectivity index (χ2n) is 16.1. The number of nitrogens with two attached hydrogens (primary N) is 1. The third-order valence-corrected chi connectivity index (χ3v) is 11.7. The minimum Gasteiger partial charge on any atom is -0.508 e. The highest BCUT2D eigenvalue weighted by Gasteiger charge is 2.39. The summed E-state index contributed by atoms with van der Waals surface area (Å²) in [4.78, 5) is 87.9. The Morgan fingerprint density at radius 1 is 1.08 bits per heavy atom. The van der Waals surface area contributed by atoms with E-state index in [0.29, 0.717) is 30.7 Å². The molecule has 1 saturated heterocycles. The summed E-state index contributed by atoms with van der Waals surface area (Å²) in [6.45, 7) is 18.2. The van der Waals surface area contributed by atoms with Crippen LogP contribution in [0.3, 0.4) is 0 Å². The molecule has 0 spiro atoms. The quantitative estimate of drug-likeness (QED) is 0.0168. The monoisotopic (exact) mass is 859 g/mol. The first-order valence-electron chi connectivity index (χ1n) is 21.0. The molecule has 2 rings (SSSR count). The Morgan fingerprint density at radius 2 is 1.78 bits per heavy atom. The Balaban J connectivity index is 2.52. The number of likely N-dealkylation sites (N-methyl/N-ethyl adjacent to an activating group) is 1. The van der Waals surface area contributed by atoms with Crippen LogP contribution in [0.4, 0.5) is 0 Å². The highest BCUT2D eigenvalue weighted by atomic mass is 32.1. The van der Waals surface area contributed by atoms with Crippen molar-refractivity contribution in [3.63, 3.8) is 0 Å². The fourth-order valence-electron chi connectivity index (χ4n) is 7.06. The molecule has 0 aromatic carbocycles. The molecule has 6 N–H and O–H groups in total. The molecule has 7 atom stereocenters. The third-order valence-electron chi connectivity index (χ3n) is 10.8. The van der Waals surface area contributed by atoms with E-state index in [4.69, 9.17) is 15.3 Å². The van der Waals surface area contributed by atoms with Crippen LogP contribution in [-0.4, -0.2) is 99.9 Å². The van der Waals surface area contributed by atoms with E-state index in [0.717, 1.165) is 36.3 Å². The second kappa shape index (κ2) is 25.9. The molecule has 1 aromatic heterocycles. The van der Waals surface area contributed by atoms with Crippen LogP contribution in [-0.2, 0) is 33.4 Å². The molecule has 1 aliphatic rings. The van der Waals surface area contributed by atoms with Crippen LogP contribution in [0.15, 0.2) is 41.5 Å². The minimum absolute atomic E-state index is 0.0300. The number of likely N-dealkylation sites (tertiary alicyclic amines) is 1. The predicted octanol–water partition coefficient (Wildman–Crippen LogP) is 5.39. The number of nitrogens with zero attached hydrogens (tertiary/aromatic N) is 3. The van der Waals surface area contributed by atoms with Gasteiger partial charge in [0.25, 0.3) is 5.91 Å². The number of aromatic nitrogens is 1. The van der Waals surface area contributed by atoms with E-state index in [1.807, 2.05) is 53.5 Å². The maximum absolute atomic E-state index is 14.8. The van der Waals surface area contributed by atoms with E-state index >= 15 is 0 Å². The zero-order valence-electron chi connectivity index (χ0n) is 37.0. The van der Waals surface area contributed by atoms with Crippen molar-refractivity contribution in [2.45, 2.75) is 143 Å². The highest BCUT2D eigenvalue weighted by molar-refractivity contribution is 7.09. The number of piperidine rings is 1. The Bertz CT molecular complexity index is 1680. The molecule has 2 heterocycles. The number of amides is 4. The number of thiazole rings is 1. The van der Waals surface area contributed by atoms with Crippen LogP contribution >= 0.6 is 11.3 Å². The number of rotatable bonds is 24. The van der Waals surface area contributed by atoms with E-state index in [9.17, 15) is 33.9 Å². The van der Waals surface area contributed by atoms with Gasteiger partial charge in [-0.3, -0.25) is 39.1 Å². The van der Waals surface area contributed by atoms with Crippen molar-refractivity contribution in [3.05, 3.63) is 52.2 Å². The maximum Gasteiger partial charge on any atom is 0.307 e. The molecule has 60 heavy (non-hydrogen) atoms. The summed E-state index contributed by atoms with van der Waals surface area (Å²) in [5.74, 6) is 1.58. The molecule has 17 heteroatoms. The molecule has 1 aromatic rings. The lowest BCUT2D eigenvalue weighted by molar-refractivity contribution is -0.160. The van der Waals surface area contributed by atoms with Crippen LogP contribution in [0.2, 0.25) is 0 Å². The summed E-state index contributed by atoms with van der Waals surface area (Å²) >= 11 is 1.11. The van der Waals surface area contributed by atoms with Gasteiger partial charge in [0.15, 0.2) is 12.8 Å². The Hall–Kier alpha value is -4.61. The van der Waals surface area contributed by atoms with Crippen molar-refractivity contribution in [1.82, 2.24) is 30.8 Å². The van der Waals surface area contributed by atoms with Crippen molar-refractivity contribution in [3.8, 4) is 0 Å². The van der Waals surface area contributed by atoms with Gasteiger partial charge in [0.2, 0.25) is 17.7 Å². The summed E-state index contributed by atoms with van der Waals surface area (Å²) in [5, 5.41) is 17.7. The summed E-state index contributed by atoms with van der Waals surface area (Å²) < 4.78 is 11.5. The van der Waals surface area contributed by atoms with E-state index in [-0.39, 0.29) is 61.2 Å². The van der Waals surface area contributed by atoms with Gasteiger partial charge >= 0.3 is 11.9 Å². The summed E-state index contributed by atoms with van der Waals surface area (Å²) in [5.41, 5.74) is 2.99. The molecule has 0 radical (unpaired) electrons. The number of nitrogens with one attached hydrogen (secondary N) is 3. The molecular weight excluding hydrogens is 791 g/mol. The van der Waals surface area contributed by atoms with Gasteiger partial charge in [-0.1, -0.05) is 72.6 Å². The number of aliphatic hydroxyl groups excluding tert-OH is 1. The van der Waals surface area contributed by atoms with Gasteiger partial charge in [-0.25, -0.2) is 10.8 Å². The molecule has 1 fully saturated rings. The van der Waals surface area contributed by atoms with E-state index in [1.54, 1.807) is 18.4 Å². The topological polar surface area (TPSA) is 223 Å². The van der Waals surface area contributed by atoms with Gasteiger partial charge in [-0.15, -0.1) is 11.3 Å². The zero-order chi connectivity index (χ0) is 45.1. The molecule has 1 aliphatic heterocycles. The van der Waals surface area contributed by atoms with Gasteiger partial charge in [0, 0.05) is 43.1 Å². The van der Waals surface area contributed by atoms with Crippen LogP contribution in [0.25, 0.3) is 0 Å². The van der Waals surface area contributed by atoms with Crippen molar-refractivity contribution in [1.29, 1.82) is 0 Å². The first-order valence-corrected chi connectivity index (χ1v) is 21.8. The van der Waals surface area contributed by atoms with Crippen LogP contribution in [0.5, 0.6) is 0 Å².